The second-order valence-corrected chi connectivity index (χ2v) is 5.24. The van der Waals surface area contributed by atoms with Gasteiger partial charge in [-0.2, -0.15) is 0 Å². The van der Waals surface area contributed by atoms with Crippen LogP contribution in [0.3, 0.4) is 0 Å². The molecule has 5 nitrogen and oxygen atoms in total. The Morgan fingerprint density at radius 1 is 1.09 bits per heavy atom. The molecule has 0 saturated heterocycles. The van der Waals surface area contributed by atoms with Crippen LogP contribution in [-0.4, -0.2) is 17.1 Å². The van der Waals surface area contributed by atoms with Crippen LogP contribution in [0.25, 0.3) is 10.9 Å². The zero-order chi connectivity index (χ0) is 16.2. The number of fused-ring (bicyclic) bond motifs is 1. The Balaban J connectivity index is 1.92. The van der Waals surface area contributed by atoms with Gasteiger partial charge in [-0.3, -0.25) is 0 Å². The Bertz CT molecular complexity index is 816. The Kier molecular flexibility index (Phi) is 4.28. The molecule has 0 aliphatic carbocycles. The van der Waals surface area contributed by atoms with E-state index in [1.54, 1.807) is 7.11 Å². The van der Waals surface area contributed by atoms with Crippen LogP contribution in [0.5, 0.6) is 11.6 Å². The van der Waals surface area contributed by atoms with Gasteiger partial charge in [0.05, 0.1) is 18.0 Å². The molecule has 118 valence electrons. The van der Waals surface area contributed by atoms with E-state index in [-0.39, 0.29) is 0 Å². The molecule has 3 aromatic rings. The Labute approximate surface area is 135 Å². The van der Waals surface area contributed by atoms with Gasteiger partial charge in [0.1, 0.15) is 18.7 Å². The third kappa shape index (κ3) is 3.18. The molecule has 0 bridgehead atoms. The summed E-state index contributed by atoms with van der Waals surface area (Å²) in [4.78, 5) is 8.59. The molecule has 0 saturated carbocycles. The summed E-state index contributed by atoms with van der Waals surface area (Å²) in [5.74, 6) is 1.37. The third-order valence-electron chi connectivity index (χ3n) is 3.74. The highest BCUT2D eigenvalue weighted by Crippen LogP contribution is 2.30. The number of aromatic nitrogens is 2. The number of nitrogen functional groups attached to an aromatic ring is 1. The van der Waals surface area contributed by atoms with Crippen molar-refractivity contribution in [2.24, 2.45) is 0 Å². The average Bonchev–Trinajstić information content (AvgIpc) is 2.60. The number of aryl methyl sites for hydroxylation is 1. The lowest BCUT2D eigenvalue weighted by Gasteiger charge is -2.11. The molecule has 2 N–H and O–H groups in total. The van der Waals surface area contributed by atoms with E-state index >= 15 is 0 Å². The quantitative estimate of drug-likeness (QED) is 0.732. The van der Waals surface area contributed by atoms with Gasteiger partial charge in [-0.25, -0.2) is 9.97 Å². The number of benzene rings is 2. The minimum Gasteiger partial charge on any atom is -0.496 e. The molecular formula is C18H19N3O2. The fourth-order valence-electron chi connectivity index (χ4n) is 2.45. The van der Waals surface area contributed by atoms with Gasteiger partial charge in [0.2, 0.25) is 5.88 Å². The standard InChI is InChI=1S/C18H19N3O2/c1-3-13-8-16-15(9-17(13)22-2)18(21-11-20-16)23-10-12-4-6-14(19)7-5-12/h4-9,11H,3,10,19H2,1-2H3. The molecule has 3 rings (SSSR count). The van der Waals surface area contributed by atoms with Crippen molar-refractivity contribution in [3.63, 3.8) is 0 Å². The number of nitrogens with two attached hydrogens (primary N) is 1. The van der Waals surface area contributed by atoms with E-state index in [4.69, 9.17) is 15.2 Å². The molecule has 0 fully saturated rings. The predicted molar refractivity (Wildman–Crippen MR) is 90.7 cm³/mol. The monoisotopic (exact) mass is 309 g/mol. The second-order valence-electron chi connectivity index (χ2n) is 5.24. The van der Waals surface area contributed by atoms with E-state index in [9.17, 15) is 0 Å². The molecule has 0 aliphatic heterocycles. The first kappa shape index (κ1) is 15.1. The molecule has 5 heteroatoms. The van der Waals surface area contributed by atoms with Crippen molar-refractivity contribution in [3.8, 4) is 11.6 Å². The molecular weight excluding hydrogens is 290 g/mol. The van der Waals surface area contributed by atoms with E-state index in [2.05, 4.69) is 16.9 Å². The van der Waals surface area contributed by atoms with E-state index in [0.29, 0.717) is 12.5 Å². The van der Waals surface area contributed by atoms with Crippen molar-refractivity contribution in [2.45, 2.75) is 20.0 Å². The highest BCUT2D eigenvalue weighted by atomic mass is 16.5. The zero-order valence-electron chi connectivity index (χ0n) is 13.2. The maximum absolute atomic E-state index is 5.87. The molecule has 0 unspecified atom stereocenters. The fraction of sp³-hybridized carbons (Fsp3) is 0.222. The van der Waals surface area contributed by atoms with Crippen molar-refractivity contribution >= 4 is 16.6 Å². The molecule has 0 spiro atoms. The molecule has 0 aliphatic rings. The van der Waals surface area contributed by atoms with Crippen LogP contribution in [0.15, 0.2) is 42.7 Å². The van der Waals surface area contributed by atoms with Crippen molar-refractivity contribution in [1.29, 1.82) is 0 Å². The normalized spacial score (nSPS) is 10.7. The lowest BCUT2D eigenvalue weighted by molar-refractivity contribution is 0.297. The zero-order valence-corrected chi connectivity index (χ0v) is 13.2. The van der Waals surface area contributed by atoms with Gasteiger partial charge in [-0.05, 0) is 41.8 Å². The van der Waals surface area contributed by atoms with E-state index in [0.717, 1.165) is 39.9 Å². The maximum atomic E-state index is 5.87. The van der Waals surface area contributed by atoms with Gasteiger partial charge in [0, 0.05) is 5.69 Å². The first-order chi connectivity index (χ1) is 11.2. The first-order valence-electron chi connectivity index (χ1n) is 7.50. The van der Waals surface area contributed by atoms with Crippen LogP contribution in [0.1, 0.15) is 18.1 Å². The van der Waals surface area contributed by atoms with Crippen LogP contribution in [0, 0.1) is 0 Å². The fourth-order valence-corrected chi connectivity index (χ4v) is 2.45. The van der Waals surface area contributed by atoms with Gasteiger partial charge >= 0.3 is 0 Å². The molecule has 1 heterocycles. The molecule has 2 aromatic carbocycles. The molecule has 1 aromatic heterocycles. The molecule has 23 heavy (non-hydrogen) atoms. The number of hydrogen-bond acceptors (Lipinski definition) is 5. The summed E-state index contributed by atoms with van der Waals surface area (Å²) in [6.45, 7) is 2.51. The summed E-state index contributed by atoms with van der Waals surface area (Å²) in [5.41, 5.74) is 9.42. The first-order valence-corrected chi connectivity index (χ1v) is 7.50. The SMILES string of the molecule is CCc1cc2ncnc(OCc3ccc(N)cc3)c2cc1OC. The van der Waals surface area contributed by atoms with Crippen LogP contribution in [0.4, 0.5) is 5.69 Å². The van der Waals surface area contributed by atoms with Gasteiger partial charge in [-0.15, -0.1) is 0 Å². The molecule has 0 amide bonds. The largest absolute Gasteiger partial charge is 0.496 e. The van der Waals surface area contributed by atoms with Gasteiger partial charge in [-0.1, -0.05) is 19.1 Å². The summed E-state index contributed by atoms with van der Waals surface area (Å²) in [7, 11) is 1.67. The number of ether oxygens (including phenoxy) is 2. The van der Waals surface area contributed by atoms with Crippen LogP contribution in [0.2, 0.25) is 0 Å². The van der Waals surface area contributed by atoms with Gasteiger partial charge < -0.3 is 15.2 Å². The average molecular weight is 309 g/mol. The van der Waals surface area contributed by atoms with Crippen LogP contribution < -0.4 is 15.2 Å². The lowest BCUT2D eigenvalue weighted by Crippen LogP contribution is -2.00. The molecule has 0 atom stereocenters. The smallest absolute Gasteiger partial charge is 0.224 e. The van der Waals surface area contributed by atoms with Gasteiger partial charge in [0.25, 0.3) is 0 Å². The highest BCUT2D eigenvalue weighted by Gasteiger charge is 2.10. The highest BCUT2D eigenvalue weighted by molar-refractivity contribution is 5.85. The summed E-state index contributed by atoms with van der Waals surface area (Å²) in [6.07, 6.45) is 2.40. The summed E-state index contributed by atoms with van der Waals surface area (Å²) < 4.78 is 11.3. The summed E-state index contributed by atoms with van der Waals surface area (Å²) in [5, 5.41) is 0.844. The minimum absolute atomic E-state index is 0.421. The molecule has 0 radical (unpaired) electrons. The second kappa shape index (κ2) is 6.52. The Morgan fingerprint density at radius 2 is 1.87 bits per heavy atom. The number of anilines is 1. The van der Waals surface area contributed by atoms with Gasteiger partial charge in [0.15, 0.2) is 0 Å². The van der Waals surface area contributed by atoms with E-state index in [1.165, 1.54) is 6.33 Å². The van der Waals surface area contributed by atoms with Crippen LogP contribution >= 0.6 is 0 Å². The Hall–Kier alpha value is -2.82. The van der Waals surface area contributed by atoms with Crippen molar-refractivity contribution < 1.29 is 9.47 Å². The van der Waals surface area contributed by atoms with Crippen molar-refractivity contribution in [2.75, 3.05) is 12.8 Å². The number of methoxy groups -OCH3 is 1. The van der Waals surface area contributed by atoms with E-state index < -0.39 is 0 Å². The predicted octanol–water partition coefficient (Wildman–Crippen LogP) is 3.36. The summed E-state index contributed by atoms with van der Waals surface area (Å²) >= 11 is 0. The Morgan fingerprint density at radius 3 is 2.57 bits per heavy atom. The summed E-state index contributed by atoms with van der Waals surface area (Å²) in [6, 6.07) is 11.5. The number of hydrogen-bond donors (Lipinski definition) is 1. The van der Waals surface area contributed by atoms with Crippen molar-refractivity contribution in [3.05, 3.63) is 53.9 Å². The number of rotatable bonds is 5. The topological polar surface area (TPSA) is 70.3 Å². The lowest BCUT2D eigenvalue weighted by atomic mass is 10.1. The van der Waals surface area contributed by atoms with Crippen LogP contribution in [-0.2, 0) is 13.0 Å². The van der Waals surface area contributed by atoms with Crippen molar-refractivity contribution in [1.82, 2.24) is 9.97 Å². The van der Waals surface area contributed by atoms with E-state index in [1.807, 2.05) is 36.4 Å². The number of nitrogens with zero attached hydrogens (tertiary/aromatic N) is 2. The maximum Gasteiger partial charge on any atom is 0.224 e. The minimum atomic E-state index is 0.421. The third-order valence-corrected chi connectivity index (χ3v) is 3.74.